The Morgan fingerprint density at radius 1 is 1.17 bits per heavy atom. The molecule has 0 bridgehead atoms. The molecule has 0 saturated carbocycles. The molecule has 0 spiro atoms. The lowest BCUT2D eigenvalue weighted by Crippen LogP contribution is -2.36. The Kier molecular flexibility index (Phi) is 5.69. The number of rotatable bonds is 6. The first kappa shape index (κ1) is 21.2. The number of carbonyl (C=O) groups excluding carboxylic acids is 1. The molecule has 2 amide bonds. The van der Waals surface area contributed by atoms with Crippen LogP contribution in [0, 0.1) is 0 Å². The number of hydrogen-bond donors (Lipinski definition) is 1. The number of amides is 2. The summed E-state index contributed by atoms with van der Waals surface area (Å²) < 4.78 is 72.6. The van der Waals surface area contributed by atoms with Crippen LogP contribution in [0.15, 0.2) is 75.3 Å². The van der Waals surface area contributed by atoms with Crippen molar-refractivity contribution in [3.63, 3.8) is 0 Å². The number of ether oxygens (including phenoxy) is 1. The van der Waals surface area contributed by atoms with Gasteiger partial charge in [-0.3, -0.25) is 4.90 Å². The molecule has 2 aromatic carbocycles. The molecule has 3 rings (SSSR count). The largest absolute Gasteiger partial charge is 0.573 e. The minimum Gasteiger partial charge on any atom is -0.447 e. The molecule has 0 aliphatic heterocycles. The highest BCUT2D eigenvalue weighted by Crippen LogP contribution is 2.33. The molecule has 1 heterocycles. The summed E-state index contributed by atoms with van der Waals surface area (Å²) in [5.41, 5.74) is 5.33. The zero-order chi connectivity index (χ0) is 21.9. The number of sulfone groups is 1. The van der Waals surface area contributed by atoms with E-state index in [-0.39, 0.29) is 22.9 Å². The van der Waals surface area contributed by atoms with Gasteiger partial charge in [0.05, 0.1) is 28.2 Å². The SMILES string of the molecule is NC(=O)N(Cc1cnco1)c1ccccc1S(=O)(=O)c1cccc(OC(F)(F)F)c1. The molecule has 0 aliphatic rings. The predicted molar refractivity (Wildman–Crippen MR) is 97.3 cm³/mol. The number of anilines is 1. The van der Waals surface area contributed by atoms with E-state index >= 15 is 0 Å². The van der Waals surface area contributed by atoms with Gasteiger partial charge in [-0.05, 0) is 30.3 Å². The summed E-state index contributed by atoms with van der Waals surface area (Å²) in [4.78, 5) is 15.9. The van der Waals surface area contributed by atoms with Crippen molar-refractivity contribution in [2.24, 2.45) is 5.73 Å². The van der Waals surface area contributed by atoms with Gasteiger partial charge < -0.3 is 14.9 Å². The third kappa shape index (κ3) is 4.71. The van der Waals surface area contributed by atoms with E-state index in [1.54, 1.807) is 0 Å². The smallest absolute Gasteiger partial charge is 0.447 e. The fourth-order valence-corrected chi connectivity index (χ4v) is 4.12. The van der Waals surface area contributed by atoms with Gasteiger partial charge in [0.1, 0.15) is 11.5 Å². The lowest BCUT2D eigenvalue weighted by molar-refractivity contribution is -0.274. The number of hydrogen-bond acceptors (Lipinski definition) is 6. The van der Waals surface area contributed by atoms with Crippen molar-refractivity contribution < 1.29 is 35.5 Å². The fourth-order valence-electron chi connectivity index (χ4n) is 2.63. The number of aromatic nitrogens is 1. The molecule has 0 saturated heterocycles. The van der Waals surface area contributed by atoms with Gasteiger partial charge >= 0.3 is 12.4 Å². The third-order valence-corrected chi connectivity index (χ3v) is 5.66. The van der Waals surface area contributed by atoms with E-state index in [9.17, 15) is 26.4 Å². The molecule has 2 N–H and O–H groups in total. The van der Waals surface area contributed by atoms with Gasteiger partial charge in [0.15, 0.2) is 6.39 Å². The number of nitrogens with zero attached hydrogens (tertiary/aromatic N) is 2. The normalized spacial score (nSPS) is 11.8. The number of para-hydroxylation sites is 1. The van der Waals surface area contributed by atoms with E-state index in [0.29, 0.717) is 0 Å². The van der Waals surface area contributed by atoms with Crippen LogP contribution in [-0.4, -0.2) is 25.8 Å². The average Bonchev–Trinajstić information content (AvgIpc) is 3.18. The maximum absolute atomic E-state index is 13.2. The van der Waals surface area contributed by atoms with Gasteiger partial charge in [-0.25, -0.2) is 18.2 Å². The maximum Gasteiger partial charge on any atom is 0.573 e. The molecular formula is C18H14F3N3O5S. The van der Waals surface area contributed by atoms with Crippen LogP contribution in [0.4, 0.5) is 23.7 Å². The summed E-state index contributed by atoms with van der Waals surface area (Å²) in [7, 11) is -4.35. The van der Waals surface area contributed by atoms with Crippen LogP contribution in [0.25, 0.3) is 0 Å². The molecule has 0 fully saturated rings. The van der Waals surface area contributed by atoms with E-state index in [1.807, 2.05) is 0 Å². The van der Waals surface area contributed by atoms with Crippen molar-refractivity contribution in [2.75, 3.05) is 4.90 Å². The molecular weight excluding hydrogens is 427 g/mol. The van der Waals surface area contributed by atoms with Crippen LogP contribution in [-0.2, 0) is 16.4 Å². The van der Waals surface area contributed by atoms with Crippen LogP contribution in [0.3, 0.4) is 0 Å². The third-order valence-electron chi connectivity index (χ3n) is 3.86. The number of oxazole rings is 1. The summed E-state index contributed by atoms with van der Waals surface area (Å²) in [6.45, 7) is -0.209. The number of primary amides is 1. The Hall–Kier alpha value is -3.54. The van der Waals surface area contributed by atoms with Crippen LogP contribution in [0.2, 0.25) is 0 Å². The number of alkyl halides is 3. The molecule has 0 unspecified atom stereocenters. The molecule has 0 aliphatic carbocycles. The number of urea groups is 1. The summed E-state index contributed by atoms with van der Waals surface area (Å²) in [6.07, 6.45) is -2.53. The lowest BCUT2D eigenvalue weighted by atomic mass is 10.3. The monoisotopic (exact) mass is 441 g/mol. The van der Waals surface area contributed by atoms with E-state index in [2.05, 4.69) is 9.72 Å². The molecule has 8 nitrogen and oxygen atoms in total. The van der Waals surface area contributed by atoms with Gasteiger partial charge in [-0.15, -0.1) is 13.2 Å². The van der Waals surface area contributed by atoms with E-state index in [4.69, 9.17) is 10.2 Å². The molecule has 158 valence electrons. The first-order chi connectivity index (χ1) is 14.1. The minimum absolute atomic E-state index is 0.0801. The Morgan fingerprint density at radius 3 is 2.53 bits per heavy atom. The highest BCUT2D eigenvalue weighted by molar-refractivity contribution is 7.91. The summed E-state index contributed by atoms with van der Waals surface area (Å²) in [5.74, 6) is -0.462. The number of carbonyl (C=O) groups is 1. The number of benzene rings is 2. The highest BCUT2D eigenvalue weighted by Gasteiger charge is 2.32. The summed E-state index contributed by atoms with van der Waals surface area (Å²) >= 11 is 0. The molecule has 0 atom stereocenters. The topological polar surface area (TPSA) is 116 Å². The Labute approximate surface area is 168 Å². The molecule has 0 radical (unpaired) electrons. The van der Waals surface area contributed by atoms with Crippen LogP contribution in [0.1, 0.15) is 5.76 Å². The van der Waals surface area contributed by atoms with Crippen molar-refractivity contribution in [2.45, 2.75) is 22.7 Å². The second-order valence-corrected chi connectivity index (χ2v) is 7.80. The van der Waals surface area contributed by atoms with E-state index in [1.165, 1.54) is 30.5 Å². The van der Waals surface area contributed by atoms with E-state index in [0.717, 1.165) is 35.6 Å². The molecule has 3 aromatic rings. The first-order valence-corrected chi connectivity index (χ1v) is 9.70. The standard InChI is InChI=1S/C18H14F3N3O5S/c19-18(20,21)29-12-4-3-5-14(8-12)30(26,27)16-7-2-1-6-15(16)24(17(22)25)10-13-9-23-11-28-13/h1-9,11H,10H2,(H2,22,25). The zero-order valence-corrected chi connectivity index (χ0v) is 15.9. The maximum atomic E-state index is 13.2. The first-order valence-electron chi connectivity index (χ1n) is 8.22. The van der Waals surface area contributed by atoms with Crippen molar-refractivity contribution in [3.05, 3.63) is 66.9 Å². The minimum atomic E-state index is -4.99. The zero-order valence-electron chi connectivity index (χ0n) is 15.0. The second-order valence-electron chi connectivity index (χ2n) is 5.89. The number of halogens is 3. The molecule has 12 heteroatoms. The highest BCUT2D eigenvalue weighted by atomic mass is 32.2. The lowest BCUT2D eigenvalue weighted by Gasteiger charge is -2.22. The van der Waals surface area contributed by atoms with Crippen LogP contribution in [0.5, 0.6) is 5.75 Å². The fraction of sp³-hybridized carbons (Fsp3) is 0.111. The summed E-state index contributed by atoms with van der Waals surface area (Å²) in [5, 5.41) is 0. The van der Waals surface area contributed by atoms with Gasteiger partial charge in [0.2, 0.25) is 9.84 Å². The van der Waals surface area contributed by atoms with Crippen LogP contribution < -0.4 is 15.4 Å². The Morgan fingerprint density at radius 2 is 1.90 bits per heavy atom. The molecule has 30 heavy (non-hydrogen) atoms. The van der Waals surface area contributed by atoms with E-state index < -0.39 is 32.9 Å². The van der Waals surface area contributed by atoms with Gasteiger partial charge in [0.25, 0.3) is 0 Å². The second kappa shape index (κ2) is 8.06. The van der Waals surface area contributed by atoms with Crippen molar-refractivity contribution >= 4 is 21.6 Å². The summed E-state index contributed by atoms with van der Waals surface area (Å²) in [6, 6.07) is 8.39. The quantitative estimate of drug-likeness (QED) is 0.626. The van der Waals surface area contributed by atoms with Gasteiger partial charge in [0, 0.05) is 0 Å². The van der Waals surface area contributed by atoms with Gasteiger partial charge in [-0.2, -0.15) is 0 Å². The Balaban J connectivity index is 2.06. The van der Waals surface area contributed by atoms with Crippen molar-refractivity contribution in [3.8, 4) is 5.75 Å². The predicted octanol–water partition coefficient (Wildman–Crippen LogP) is 3.49. The number of nitrogens with two attached hydrogens (primary N) is 1. The Bertz CT molecular complexity index is 1150. The van der Waals surface area contributed by atoms with Gasteiger partial charge in [-0.1, -0.05) is 18.2 Å². The van der Waals surface area contributed by atoms with Crippen molar-refractivity contribution in [1.82, 2.24) is 4.98 Å². The molecule has 1 aromatic heterocycles. The average molecular weight is 441 g/mol. The van der Waals surface area contributed by atoms with Crippen molar-refractivity contribution in [1.29, 1.82) is 0 Å². The van der Waals surface area contributed by atoms with Crippen LogP contribution >= 0.6 is 0 Å².